The number of nitrogens with one attached hydrogen (secondary N) is 2. The molecule has 0 saturated heterocycles. The molecule has 2 heterocycles. The van der Waals surface area contributed by atoms with Crippen molar-refractivity contribution in [3.8, 4) is 11.1 Å². The lowest BCUT2D eigenvalue weighted by atomic mass is 9.95. The molecule has 37 heavy (non-hydrogen) atoms. The van der Waals surface area contributed by atoms with E-state index < -0.39 is 11.7 Å². The second-order valence-electron chi connectivity index (χ2n) is 9.00. The molecule has 0 spiro atoms. The Labute approximate surface area is 221 Å². The van der Waals surface area contributed by atoms with E-state index in [0.29, 0.717) is 16.6 Å². The minimum atomic E-state index is -4.36. The van der Waals surface area contributed by atoms with Gasteiger partial charge in [-0.05, 0) is 78.4 Å². The minimum absolute atomic E-state index is 0.125. The Bertz CT molecular complexity index is 1340. The Morgan fingerprint density at radius 3 is 2.32 bits per heavy atom. The number of tetrazole rings is 1. The number of benzene rings is 2. The van der Waals surface area contributed by atoms with E-state index in [2.05, 4.69) is 51.9 Å². The van der Waals surface area contributed by atoms with Gasteiger partial charge in [0.2, 0.25) is 0 Å². The number of hydrogen-bond acceptors (Lipinski definition) is 6. The number of aryl methyl sites for hydroxylation is 2. The van der Waals surface area contributed by atoms with Crippen LogP contribution < -0.4 is 5.32 Å². The van der Waals surface area contributed by atoms with Crippen molar-refractivity contribution < 1.29 is 18.0 Å². The van der Waals surface area contributed by atoms with Crippen LogP contribution in [0.15, 0.2) is 53.4 Å². The number of aromatic nitrogens is 4. The number of amides is 1. The van der Waals surface area contributed by atoms with Crippen molar-refractivity contribution in [2.75, 3.05) is 0 Å². The summed E-state index contributed by atoms with van der Waals surface area (Å²) in [6.07, 6.45) is -4.36. The zero-order valence-electron chi connectivity index (χ0n) is 20.7. The number of rotatable bonds is 8. The molecule has 1 amide bonds. The lowest BCUT2D eigenvalue weighted by Gasteiger charge is -2.21. The standard InChI is InChI=1S/C26H26F3N5OS2/c1-14(2)24(20-9-10-21(37-20)25(35)30-13-22-31-33-34-32-22)36-19-11-15(3)23(16(4)12-19)17-5-7-18(8-6-17)26(27,28)29/h5-12,14,24H,13H2,1-4H3,(H,30,35)(H,31,32,33,34)/t24-/m0/s1. The summed E-state index contributed by atoms with van der Waals surface area (Å²) in [5.74, 6) is 0.515. The molecular formula is C26H26F3N5OS2. The molecule has 0 aliphatic rings. The normalized spacial score (nSPS) is 12.6. The molecule has 0 bridgehead atoms. The highest BCUT2D eigenvalue weighted by Crippen LogP contribution is 2.45. The summed E-state index contributed by atoms with van der Waals surface area (Å²) in [4.78, 5) is 15.4. The second kappa shape index (κ2) is 11.1. The van der Waals surface area contributed by atoms with Crippen molar-refractivity contribution in [3.05, 3.63) is 80.8 Å². The topological polar surface area (TPSA) is 83.6 Å². The lowest BCUT2D eigenvalue weighted by molar-refractivity contribution is -0.137. The van der Waals surface area contributed by atoms with Crippen LogP contribution in [0.5, 0.6) is 0 Å². The molecule has 1 atom stereocenters. The van der Waals surface area contributed by atoms with Gasteiger partial charge in [-0.25, -0.2) is 0 Å². The molecule has 0 radical (unpaired) electrons. The van der Waals surface area contributed by atoms with Crippen LogP contribution in [0, 0.1) is 19.8 Å². The highest BCUT2D eigenvalue weighted by molar-refractivity contribution is 7.99. The maximum atomic E-state index is 13.0. The van der Waals surface area contributed by atoms with E-state index >= 15 is 0 Å². The molecular weight excluding hydrogens is 519 g/mol. The van der Waals surface area contributed by atoms with Gasteiger partial charge >= 0.3 is 6.18 Å². The number of thioether (sulfide) groups is 1. The van der Waals surface area contributed by atoms with Crippen molar-refractivity contribution in [2.45, 2.75) is 50.6 Å². The van der Waals surface area contributed by atoms with Crippen molar-refractivity contribution >= 4 is 29.0 Å². The average molecular weight is 546 g/mol. The molecule has 0 saturated carbocycles. The van der Waals surface area contributed by atoms with E-state index in [1.54, 1.807) is 11.8 Å². The Morgan fingerprint density at radius 1 is 1.08 bits per heavy atom. The molecule has 194 valence electrons. The van der Waals surface area contributed by atoms with Crippen molar-refractivity contribution in [1.29, 1.82) is 0 Å². The first kappa shape index (κ1) is 26.9. The molecule has 4 aromatic rings. The first-order valence-corrected chi connectivity index (χ1v) is 13.3. The Hall–Kier alpha value is -3.18. The molecule has 0 aliphatic heterocycles. The van der Waals surface area contributed by atoms with Crippen LogP contribution in [-0.2, 0) is 12.7 Å². The van der Waals surface area contributed by atoms with E-state index in [-0.39, 0.29) is 17.7 Å². The zero-order valence-corrected chi connectivity index (χ0v) is 22.3. The van der Waals surface area contributed by atoms with Crippen molar-refractivity contribution in [1.82, 2.24) is 25.9 Å². The largest absolute Gasteiger partial charge is 0.416 e. The predicted octanol–water partition coefficient (Wildman–Crippen LogP) is 6.98. The number of H-pyrrole nitrogens is 1. The van der Waals surface area contributed by atoms with Gasteiger partial charge in [0, 0.05) is 15.0 Å². The first-order chi connectivity index (χ1) is 17.5. The Morgan fingerprint density at radius 2 is 1.76 bits per heavy atom. The third-order valence-electron chi connectivity index (χ3n) is 5.80. The summed E-state index contributed by atoms with van der Waals surface area (Å²) in [7, 11) is 0. The Balaban J connectivity index is 1.51. The number of carbonyl (C=O) groups is 1. The first-order valence-electron chi connectivity index (χ1n) is 11.6. The second-order valence-corrected chi connectivity index (χ2v) is 11.3. The molecule has 11 heteroatoms. The van der Waals surface area contributed by atoms with Crippen LogP contribution in [0.1, 0.15) is 56.2 Å². The van der Waals surface area contributed by atoms with Crippen LogP contribution in [0.3, 0.4) is 0 Å². The van der Waals surface area contributed by atoms with Crippen LogP contribution in [-0.4, -0.2) is 26.5 Å². The van der Waals surface area contributed by atoms with E-state index in [1.807, 2.05) is 26.0 Å². The predicted molar refractivity (Wildman–Crippen MR) is 139 cm³/mol. The summed E-state index contributed by atoms with van der Waals surface area (Å²) in [5, 5.41) is 16.4. The third kappa shape index (κ3) is 6.40. The van der Waals surface area contributed by atoms with Crippen LogP contribution in [0.2, 0.25) is 0 Å². The van der Waals surface area contributed by atoms with E-state index in [0.717, 1.165) is 44.2 Å². The minimum Gasteiger partial charge on any atom is -0.344 e. The van der Waals surface area contributed by atoms with Gasteiger partial charge in [-0.15, -0.1) is 33.3 Å². The molecule has 4 rings (SSSR count). The van der Waals surface area contributed by atoms with Gasteiger partial charge in [0.25, 0.3) is 5.91 Å². The monoisotopic (exact) mass is 545 g/mol. The van der Waals surface area contributed by atoms with Gasteiger partial charge in [0.05, 0.1) is 17.0 Å². The number of halogens is 3. The number of hydrogen-bond donors (Lipinski definition) is 2. The SMILES string of the molecule is Cc1cc(S[C@H](c2ccc(C(=O)NCc3nn[nH]n3)s2)C(C)C)cc(C)c1-c1ccc(C(F)(F)F)cc1. The summed E-state index contributed by atoms with van der Waals surface area (Å²) < 4.78 is 38.9. The van der Waals surface area contributed by atoms with Crippen molar-refractivity contribution in [3.63, 3.8) is 0 Å². The zero-order chi connectivity index (χ0) is 26.7. The molecule has 0 fully saturated rings. The number of thiophene rings is 1. The molecule has 0 unspecified atom stereocenters. The van der Waals surface area contributed by atoms with Crippen LogP contribution in [0.4, 0.5) is 13.2 Å². The van der Waals surface area contributed by atoms with Gasteiger partial charge in [0.15, 0.2) is 5.82 Å². The number of alkyl halides is 3. The summed E-state index contributed by atoms with van der Waals surface area (Å²) >= 11 is 3.18. The third-order valence-corrected chi connectivity index (χ3v) is 8.68. The number of carbonyl (C=O) groups excluding carboxylic acids is 1. The number of nitrogens with zero attached hydrogens (tertiary/aromatic N) is 3. The number of aromatic amines is 1. The molecule has 2 aromatic heterocycles. The molecule has 6 nitrogen and oxygen atoms in total. The van der Waals surface area contributed by atoms with Gasteiger partial charge in [-0.3, -0.25) is 4.79 Å². The van der Waals surface area contributed by atoms with Gasteiger partial charge in [-0.1, -0.05) is 31.2 Å². The van der Waals surface area contributed by atoms with E-state index in [4.69, 9.17) is 0 Å². The van der Waals surface area contributed by atoms with E-state index in [1.165, 1.54) is 23.5 Å². The molecule has 0 aliphatic carbocycles. The maximum Gasteiger partial charge on any atom is 0.416 e. The van der Waals surface area contributed by atoms with Gasteiger partial charge in [0.1, 0.15) is 0 Å². The van der Waals surface area contributed by atoms with Gasteiger partial charge in [-0.2, -0.15) is 18.4 Å². The van der Waals surface area contributed by atoms with Crippen molar-refractivity contribution in [2.24, 2.45) is 5.92 Å². The maximum absolute atomic E-state index is 13.0. The quantitative estimate of drug-likeness (QED) is 0.233. The highest BCUT2D eigenvalue weighted by Gasteiger charge is 2.30. The smallest absolute Gasteiger partial charge is 0.344 e. The summed E-state index contributed by atoms with van der Waals surface area (Å²) in [6, 6.07) is 13.3. The fourth-order valence-corrected chi connectivity index (χ4v) is 6.69. The van der Waals surface area contributed by atoms with Gasteiger partial charge < -0.3 is 5.32 Å². The summed E-state index contributed by atoms with van der Waals surface area (Å²) in [6.45, 7) is 8.43. The Kier molecular flexibility index (Phi) is 8.03. The molecule has 2 aromatic carbocycles. The summed E-state index contributed by atoms with van der Waals surface area (Å²) in [5.41, 5.74) is 3.04. The fraction of sp³-hybridized carbons (Fsp3) is 0.308. The van der Waals surface area contributed by atoms with Crippen LogP contribution >= 0.6 is 23.1 Å². The molecule has 2 N–H and O–H groups in total. The average Bonchev–Trinajstić information content (AvgIpc) is 3.53. The highest BCUT2D eigenvalue weighted by atomic mass is 32.2. The van der Waals surface area contributed by atoms with E-state index in [9.17, 15) is 18.0 Å². The van der Waals surface area contributed by atoms with Crippen LogP contribution in [0.25, 0.3) is 11.1 Å². The fourth-order valence-electron chi connectivity index (χ4n) is 4.07. The lowest BCUT2D eigenvalue weighted by Crippen LogP contribution is -2.22.